The topological polar surface area (TPSA) is 57.1 Å². The molecular formula is C17H29N3O2. The Morgan fingerprint density at radius 1 is 1.32 bits per heavy atom. The Morgan fingerprint density at radius 3 is 2.73 bits per heavy atom. The number of hydrogen-bond donors (Lipinski definition) is 2. The molecule has 5 heteroatoms. The molecule has 2 N–H and O–H groups in total. The zero-order valence-electron chi connectivity index (χ0n) is 13.6. The predicted molar refractivity (Wildman–Crippen MR) is 85.8 cm³/mol. The molecule has 0 aromatic heterocycles. The van der Waals surface area contributed by atoms with E-state index in [2.05, 4.69) is 17.1 Å². The second-order valence-electron chi connectivity index (χ2n) is 7.47. The lowest BCUT2D eigenvalue weighted by molar-refractivity contribution is -0.171. The normalized spacial score (nSPS) is 37.6. The van der Waals surface area contributed by atoms with E-state index >= 15 is 0 Å². The van der Waals surface area contributed by atoms with Gasteiger partial charge in [0.1, 0.15) is 0 Å². The fraction of sp³-hybridized carbons (Fsp3) is 0.941. The van der Waals surface area contributed by atoms with Gasteiger partial charge >= 0.3 is 0 Å². The molecule has 2 aliphatic carbocycles. The van der Waals surface area contributed by atoms with Crippen molar-refractivity contribution in [1.29, 1.82) is 0 Å². The second-order valence-corrected chi connectivity index (χ2v) is 7.47. The van der Waals surface area contributed by atoms with E-state index in [0.717, 1.165) is 45.0 Å². The molecule has 4 rings (SSSR count). The first-order chi connectivity index (χ1) is 10.7. The minimum Gasteiger partial charge on any atom is -0.393 e. The average molecular weight is 307 g/mol. The fourth-order valence-electron chi connectivity index (χ4n) is 5.06. The summed E-state index contributed by atoms with van der Waals surface area (Å²) in [6, 6.07) is 0.547. The van der Waals surface area contributed by atoms with Gasteiger partial charge in [0.05, 0.1) is 12.2 Å². The minimum atomic E-state index is -0.131. The molecular weight excluding hydrogens is 278 g/mol. The number of piperidine rings is 1. The van der Waals surface area contributed by atoms with Gasteiger partial charge in [-0.05, 0) is 39.0 Å². The van der Waals surface area contributed by atoms with Gasteiger partial charge in [-0.3, -0.25) is 4.99 Å². The second kappa shape index (κ2) is 5.68. The number of rotatable bonds is 2. The summed E-state index contributed by atoms with van der Waals surface area (Å²) in [6.07, 6.45) is 7.25. The van der Waals surface area contributed by atoms with Crippen LogP contribution in [0.2, 0.25) is 0 Å². The van der Waals surface area contributed by atoms with Gasteiger partial charge < -0.3 is 20.1 Å². The number of likely N-dealkylation sites (tertiary alicyclic amines) is 1. The molecule has 22 heavy (non-hydrogen) atoms. The molecule has 124 valence electrons. The van der Waals surface area contributed by atoms with E-state index in [-0.39, 0.29) is 6.10 Å². The molecule has 2 saturated carbocycles. The van der Waals surface area contributed by atoms with E-state index in [1.165, 1.54) is 25.7 Å². The number of hydrogen-bond acceptors (Lipinski definition) is 3. The summed E-state index contributed by atoms with van der Waals surface area (Å²) in [5.41, 5.74) is 0.394. The Bertz CT molecular complexity index is 441. The molecule has 5 nitrogen and oxygen atoms in total. The van der Waals surface area contributed by atoms with Gasteiger partial charge in [0, 0.05) is 43.6 Å². The van der Waals surface area contributed by atoms with Crippen LogP contribution in [0.3, 0.4) is 0 Å². The van der Waals surface area contributed by atoms with Crippen LogP contribution in [0.4, 0.5) is 0 Å². The quantitative estimate of drug-likeness (QED) is 0.597. The number of aliphatic hydroxyl groups excluding tert-OH is 1. The Hall–Kier alpha value is -0.810. The van der Waals surface area contributed by atoms with Crippen molar-refractivity contribution in [2.45, 2.75) is 63.7 Å². The Morgan fingerprint density at radius 2 is 2.09 bits per heavy atom. The van der Waals surface area contributed by atoms with Gasteiger partial charge in [-0.25, -0.2) is 0 Å². The van der Waals surface area contributed by atoms with Crippen molar-refractivity contribution in [3.63, 3.8) is 0 Å². The Kier molecular flexibility index (Phi) is 3.81. The molecule has 2 saturated heterocycles. The highest BCUT2D eigenvalue weighted by Crippen LogP contribution is 2.62. The van der Waals surface area contributed by atoms with E-state index in [0.29, 0.717) is 23.5 Å². The third-order valence-electron chi connectivity index (χ3n) is 6.39. The molecule has 3 unspecified atom stereocenters. The third kappa shape index (κ3) is 2.16. The van der Waals surface area contributed by atoms with Gasteiger partial charge in [-0.15, -0.1) is 0 Å². The number of ether oxygens (including phenoxy) is 1. The molecule has 0 aromatic rings. The highest BCUT2D eigenvalue weighted by atomic mass is 16.5. The van der Waals surface area contributed by atoms with Crippen LogP contribution in [-0.4, -0.2) is 60.5 Å². The van der Waals surface area contributed by atoms with E-state index in [9.17, 15) is 5.11 Å². The van der Waals surface area contributed by atoms with Crippen LogP contribution in [0, 0.1) is 11.3 Å². The number of aliphatic hydroxyl groups is 1. The van der Waals surface area contributed by atoms with Crippen molar-refractivity contribution in [3.8, 4) is 0 Å². The van der Waals surface area contributed by atoms with Crippen molar-refractivity contribution in [2.24, 2.45) is 16.3 Å². The van der Waals surface area contributed by atoms with Gasteiger partial charge in [0.15, 0.2) is 5.96 Å². The molecule has 4 fully saturated rings. The van der Waals surface area contributed by atoms with Crippen LogP contribution in [0.25, 0.3) is 0 Å². The summed E-state index contributed by atoms with van der Waals surface area (Å²) in [5, 5.41) is 13.5. The van der Waals surface area contributed by atoms with Crippen LogP contribution in [0.1, 0.15) is 45.4 Å². The van der Waals surface area contributed by atoms with Gasteiger partial charge in [0.25, 0.3) is 0 Å². The first-order valence-corrected chi connectivity index (χ1v) is 9.10. The smallest absolute Gasteiger partial charge is 0.194 e. The van der Waals surface area contributed by atoms with Crippen molar-refractivity contribution >= 4 is 5.96 Å². The first-order valence-electron chi connectivity index (χ1n) is 9.10. The van der Waals surface area contributed by atoms with Crippen LogP contribution in [0.15, 0.2) is 4.99 Å². The Balaban J connectivity index is 1.46. The fourth-order valence-corrected chi connectivity index (χ4v) is 5.06. The molecule has 0 aromatic carbocycles. The molecule has 2 heterocycles. The number of nitrogens with one attached hydrogen (secondary N) is 1. The number of aliphatic imine (C=N–C) groups is 1. The molecule has 3 atom stereocenters. The third-order valence-corrected chi connectivity index (χ3v) is 6.39. The minimum absolute atomic E-state index is 0.131. The molecule has 1 spiro atoms. The monoisotopic (exact) mass is 307 g/mol. The van der Waals surface area contributed by atoms with Gasteiger partial charge in [-0.1, -0.05) is 6.42 Å². The standard InChI is InChI=1S/C17H29N3O2/c1-2-18-16(20-9-4-12(21)5-10-20)19-14-13-6-11-22-15(13)17(14)7-3-8-17/h12-15,21H,2-11H2,1H3,(H,18,19). The Labute approximate surface area is 133 Å². The summed E-state index contributed by atoms with van der Waals surface area (Å²) in [7, 11) is 0. The lowest BCUT2D eigenvalue weighted by atomic mass is 9.46. The summed E-state index contributed by atoms with van der Waals surface area (Å²) < 4.78 is 6.01. The number of guanidine groups is 1. The zero-order chi connectivity index (χ0) is 15.2. The maximum Gasteiger partial charge on any atom is 0.194 e. The van der Waals surface area contributed by atoms with Crippen LogP contribution >= 0.6 is 0 Å². The zero-order valence-corrected chi connectivity index (χ0v) is 13.6. The van der Waals surface area contributed by atoms with Crippen LogP contribution in [-0.2, 0) is 4.74 Å². The van der Waals surface area contributed by atoms with Crippen molar-refractivity contribution in [3.05, 3.63) is 0 Å². The van der Waals surface area contributed by atoms with Crippen LogP contribution in [0.5, 0.6) is 0 Å². The van der Waals surface area contributed by atoms with Crippen LogP contribution < -0.4 is 5.32 Å². The average Bonchev–Trinajstić information content (AvgIpc) is 2.88. The molecule has 2 aliphatic heterocycles. The summed E-state index contributed by atoms with van der Waals surface area (Å²) >= 11 is 0. The molecule has 0 radical (unpaired) electrons. The molecule has 4 aliphatic rings. The van der Waals surface area contributed by atoms with Crippen molar-refractivity contribution in [1.82, 2.24) is 10.2 Å². The molecule has 0 amide bonds. The predicted octanol–water partition coefficient (Wildman–Crippen LogP) is 1.37. The van der Waals surface area contributed by atoms with Crippen molar-refractivity contribution < 1.29 is 9.84 Å². The van der Waals surface area contributed by atoms with Gasteiger partial charge in [0.2, 0.25) is 0 Å². The maximum atomic E-state index is 9.73. The lowest BCUT2D eigenvalue weighted by Gasteiger charge is -2.63. The number of fused-ring (bicyclic) bond motifs is 2. The summed E-state index contributed by atoms with van der Waals surface area (Å²) in [5.74, 6) is 1.74. The summed E-state index contributed by atoms with van der Waals surface area (Å²) in [6.45, 7) is 5.67. The van der Waals surface area contributed by atoms with E-state index in [4.69, 9.17) is 9.73 Å². The SMILES string of the molecule is CCN=C(NC1C2CCOC2C12CCC2)N1CCC(O)CC1. The van der Waals surface area contributed by atoms with Gasteiger partial charge in [-0.2, -0.15) is 0 Å². The lowest BCUT2D eigenvalue weighted by Crippen LogP contribution is -2.72. The van der Waals surface area contributed by atoms with E-state index < -0.39 is 0 Å². The highest BCUT2D eigenvalue weighted by Gasteiger charge is 2.66. The largest absolute Gasteiger partial charge is 0.393 e. The first kappa shape index (κ1) is 14.8. The van der Waals surface area contributed by atoms with E-state index in [1.807, 2.05) is 0 Å². The maximum absolute atomic E-state index is 9.73. The van der Waals surface area contributed by atoms with E-state index in [1.54, 1.807) is 0 Å². The summed E-state index contributed by atoms with van der Waals surface area (Å²) in [4.78, 5) is 7.08. The molecule has 0 bridgehead atoms. The number of nitrogens with zero attached hydrogens (tertiary/aromatic N) is 2. The highest BCUT2D eigenvalue weighted by molar-refractivity contribution is 5.80. The van der Waals surface area contributed by atoms with Crippen molar-refractivity contribution in [2.75, 3.05) is 26.2 Å².